The van der Waals surface area contributed by atoms with Gasteiger partial charge < -0.3 is 4.74 Å². The summed E-state index contributed by atoms with van der Waals surface area (Å²) in [5.41, 5.74) is 12.8. The number of hydrogen-bond acceptors (Lipinski definition) is 1. The van der Waals surface area contributed by atoms with Gasteiger partial charge in [-0.3, -0.25) is 0 Å². The molecule has 177 valence electrons. The first-order valence-electron chi connectivity index (χ1n) is 12.2. The molecule has 1 aliphatic rings. The molecule has 0 bridgehead atoms. The monoisotopic (exact) mass is 481 g/mol. The van der Waals surface area contributed by atoms with Gasteiger partial charge in [0.25, 0.3) is 0 Å². The van der Waals surface area contributed by atoms with Gasteiger partial charge in [0.15, 0.2) is 0 Å². The van der Waals surface area contributed by atoms with E-state index in [-0.39, 0.29) is 0 Å². The van der Waals surface area contributed by atoms with Crippen LogP contribution in [0.2, 0.25) is 0 Å². The van der Waals surface area contributed by atoms with Crippen LogP contribution in [0.15, 0.2) is 36.4 Å². The number of ether oxygens (including phenoxy) is 1. The molecule has 1 nitrogen and oxygen atoms in total. The van der Waals surface area contributed by atoms with Gasteiger partial charge in [0.05, 0.1) is 0 Å². The molecule has 3 aromatic carbocycles. The first-order chi connectivity index (χ1) is 15.6. The zero-order valence-electron chi connectivity index (χ0n) is 22.1. The van der Waals surface area contributed by atoms with Crippen molar-refractivity contribution >= 4 is 13.3 Å². The molecule has 0 N–H and O–H groups in total. The fourth-order valence-electron chi connectivity index (χ4n) is 5.28. The van der Waals surface area contributed by atoms with E-state index >= 15 is 0 Å². The van der Waals surface area contributed by atoms with Crippen LogP contribution in [0.1, 0.15) is 62.9 Å². The van der Waals surface area contributed by atoms with Crippen molar-refractivity contribution in [1.82, 2.24) is 0 Å². The van der Waals surface area contributed by atoms with Crippen molar-refractivity contribution in [2.75, 3.05) is 13.2 Å². The third-order valence-corrected chi connectivity index (χ3v) is 11.2. The average Bonchev–Trinajstić information content (AvgIpc) is 3.25. The van der Waals surface area contributed by atoms with Crippen LogP contribution in [0.4, 0.5) is 0 Å². The molecule has 0 aromatic heterocycles. The van der Waals surface area contributed by atoms with E-state index in [1.807, 2.05) is 0 Å². The van der Waals surface area contributed by atoms with E-state index in [1.54, 1.807) is 13.3 Å². The summed E-state index contributed by atoms with van der Waals surface area (Å²) in [6.07, 6.45) is 2.56. The fraction of sp³-hybridized carbons (Fsp3) is 0.419. The molecule has 1 aliphatic heterocycles. The van der Waals surface area contributed by atoms with Gasteiger partial charge in [0.1, 0.15) is 0 Å². The van der Waals surface area contributed by atoms with Crippen LogP contribution in [0, 0.1) is 62.3 Å². The summed E-state index contributed by atoms with van der Waals surface area (Å²) in [7, 11) is 0. The Morgan fingerprint density at radius 3 is 0.879 bits per heavy atom. The standard InChI is InChI=1S/3C9H11.C4H8O.Cr/c3*1-7-4-8(2)6-9(3)5-7;1-2-4-5-3-1;/h3*4-5H,1-3H3;1-4H2;. The quantitative estimate of drug-likeness (QED) is 0.436. The van der Waals surface area contributed by atoms with Gasteiger partial charge in [0.2, 0.25) is 0 Å². The Kier molecular flexibility index (Phi) is 8.63. The molecule has 0 atom stereocenters. The molecule has 2 heteroatoms. The normalized spacial score (nSPS) is 13.3. The molecule has 0 saturated carbocycles. The fourth-order valence-corrected chi connectivity index (χ4v) is 9.81. The van der Waals surface area contributed by atoms with Crippen LogP contribution in [-0.2, 0) is 18.9 Å². The maximum atomic E-state index is 4.94. The Labute approximate surface area is 206 Å². The van der Waals surface area contributed by atoms with Gasteiger partial charge in [-0.15, -0.1) is 0 Å². The van der Waals surface area contributed by atoms with Gasteiger partial charge in [-0.05, 0) is 12.8 Å². The van der Waals surface area contributed by atoms with Gasteiger partial charge in [-0.1, -0.05) is 0 Å². The van der Waals surface area contributed by atoms with Crippen molar-refractivity contribution < 1.29 is 18.9 Å². The zero-order chi connectivity index (χ0) is 24.3. The number of rotatable bonds is 3. The predicted molar refractivity (Wildman–Crippen MR) is 141 cm³/mol. The molecular formula is C31H41CrO. The second kappa shape index (κ2) is 11.1. The van der Waals surface area contributed by atoms with Crippen molar-refractivity contribution in [1.29, 1.82) is 0 Å². The summed E-state index contributed by atoms with van der Waals surface area (Å²) in [6, 6.07) is 14.2. The molecular weight excluding hydrogens is 440 g/mol. The Balaban J connectivity index is 0.000000541. The Morgan fingerprint density at radius 2 is 0.697 bits per heavy atom. The van der Waals surface area contributed by atoms with E-state index in [1.165, 1.54) is 62.9 Å². The van der Waals surface area contributed by atoms with Crippen LogP contribution in [0.5, 0.6) is 0 Å². The second-order valence-corrected chi connectivity index (χ2v) is 12.7. The van der Waals surface area contributed by atoms with Crippen molar-refractivity contribution in [3.8, 4) is 0 Å². The van der Waals surface area contributed by atoms with Crippen molar-refractivity contribution in [2.45, 2.75) is 75.2 Å². The van der Waals surface area contributed by atoms with Crippen LogP contribution in [0.25, 0.3) is 0 Å². The van der Waals surface area contributed by atoms with Gasteiger partial charge in [-0.2, -0.15) is 0 Å². The maximum absolute atomic E-state index is 4.94. The molecule has 1 saturated heterocycles. The van der Waals surface area contributed by atoms with Crippen LogP contribution >= 0.6 is 0 Å². The molecule has 3 aromatic rings. The number of benzene rings is 3. The van der Waals surface area contributed by atoms with E-state index in [4.69, 9.17) is 4.74 Å². The van der Waals surface area contributed by atoms with Crippen molar-refractivity contribution in [3.63, 3.8) is 0 Å². The van der Waals surface area contributed by atoms with Crippen LogP contribution in [0.3, 0.4) is 0 Å². The summed E-state index contributed by atoms with van der Waals surface area (Å²) in [6.45, 7) is 22.5. The van der Waals surface area contributed by atoms with Gasteiger partial charge >= 0.3 is 176 Å². The summed E-state index contributed by atoms with van der Waals surface area (Å²) in [5.74, 6) is 0. The molecule has 0 unspecified atom stereocenters. The summed E-state index contributed by atoms with van der Waals surface area (Å²) in [4.78, 5) is 0. The van der Waals surface area contributed by atoms with Crippen LogP contribution in [-0.4, -0.2) is 13.2 Å². The number of aryl methyl sites for hydroxylation is 9. The zero-order valence-corrected chi connectivity index (χ0v) is 23.4. The molecule has 0 spiro atoms. The summed E-state index contributed by atoms with van der Waals surface area (Å²) >= 11 is -1.42. The predicted octanol–water partition coefficient (Wildman–Crippen LogP) is 6.15. The summed E-state index contributed by atoms with van der Waals surface area (Å²) < 4.78 is 9.72. The molecule has 0 aliphatic carbocycles. The Morgan fingerprint density at radius 1 is 0.455 bits per heavy atom. The van der Waals surface area contributed by atoms with E-state index in [2.05, 4.69) is 98.7 Å². The third-order valence-electron chi connectivity index (χ3n) is 6.25. The minimum atomic E-state index is -1.42. The van der Waals surface area contributed by atoms with E-state index < -0.39 is 14.1 Å². The Hall–Kier alpha value is -1.85. The number of hydrogen-bond donors (Lipinski definition) is 0. The minimum absolute atomic E-state index is 1.00. The molecule has 0 radical (unpaired) electrons. The van der Waals surface area contributed by atoms with Crippen molar-refractivity contribution in [3.05, 3.63) is 86.5 Å². The molecule has 4 rings (SSSR count). The SMILES string of the molecule is C1CCOC1.Cc1cc(C)[c]([Cr]([c]2c(C)cc(C)cc2C)[c]2c(C)cc(C)cc2C)c(C)c1. The van der Waals surface area contributed by atoms with E-state index in [0.717, 1.165) is 13.2 Å². The molecule has 1 fully saturated rings. The Bertz CT molecular complexity index is 924. The van der Waals surface area contributed by atoms with Crippen molar-refractivity contribution in [2.24, 2.45) is 0 Å². The topological polar surface area (TPSA) is 9.23 Å². The molecule has 1 heterocycles. The summed E-state index contributed by atoms with van der Waals surface area (Å²) in [5, 5.41) is 0. The first kappa shape index (κ1) is 25.8. The van der Waals surface area contributed by atoms with Crippen LogP contribution < -0.4 is 13.3 Å². The molecule has 0 amide bonds. The second-order valence-electron chi connectivity index (χ2n) is 9.81. The first-order valence-corrected chi connectivity index (χ1v) is 14.1. The van der Waals surface area contributed by atoms with Gasteiger partial charge in [0, 0.05) is 13.2 Å². The van der Waals surface area contributed by atoms with Gasteiger partial charge in [-0.25, -0.2) is 0 Å². The third kappa shape index (κ3) is 5.99. The average molecular weight is 482 g/mol. The van der Waals surface area contributed by atoms with E-state index in [9.17, 15) is 0 Å². The molecule has 33 heavy (non-hydrogen) atoms. The van der Waals surface area contributed by atoms with E-state index in [0.29, 0.717) is 0 Å².